The van der Waals surface area contributed by atoms with Gasteiger partial charge in [-0.3, -0.25) is 0 Å². The van der Waals surface area contributed by atoms with Crippen LogP contribution in [0.1, 0.15) is 64.9 Å². The van der Waals surface area contributed by atoms with Crippen LogP contribution in [0, 0.1) is 23.2 Å². The van der Waals surface area contributed by atoms with Crippen molar-refractivity contribution in [3.63, 3.8) is 0 Å². The minimum absolute atomic E-state index is 0.160. The molecule has 1 aromatic carbocycles. The minimum atomic E-state index is -0.754. The van der Waals surface area contributed by atoms with E-state index in [0.29, 0.717) is 13.0 Å². The first-order valence-corrected chi connectivity index (χ1v) is 11.4. The molecule has 4 aliphatic carbocycles. The number of rotatable bonds is 6. The van der Waals surface area contributed by atoms with Crippen LogP contribution in [-0.4, -0.2) is 30.3 Å². The van der Waals surface area contributed by atoms with Crippen LogP contribution in [0.4, 0.5) is 4.79 Å². The molecule has 5 nitrogen and oxygen atoms in total. The summed E-state index contributed by atoms with van der Waals surface area (Å²) in [7, 11) is 0. The van der Waals surface area contributed by atoms with E-state index in [4.69, 9.17) is 9.47 Å². The first kappa shape index (κ1) is 21.2. The highest BCUT2D eigenvalue weighted by atomic mass is 16.6. The first-order chi connectivity index (χ1) is 14.2. The Hall–Kier alpha value is -2.04. The van der Waals surface area contributed by atoms with Crippen LogP contribution in [0.2, 0.25) is 0 Å². The molecule has 1 N–H and O–H groups in total. The molecular weight excluding hydrogens is 378 g/mol. The van der Waals surface area contributed by atoms with E-state index in [0.717, 1.165) is 23.3 Å². The molecule has 4 aliphatic rings. The van der Waals surface area contributed by atoms with E-state index < -0.39 is 17.7 Å². The number of alkyl carbamates (subject to hydrolysis) is 1. The number of ether oxygens (including phenoxy) is 2. The highest BCUT2D eigenvalue weighted by molar-refractivity contribution is 5.81. The van der Waals surface area contributed by atoms with Gasteiger partial charge in [-0.2, -0.15) is 0 Å². The maximum atomic E-state index is 13.0. The fourth-order valence-electron chi connectivity index (χ4n) is 6.28. The molecular formula is C25H35NO4. The Morgan fingerprint density at radius 2 is 1.60 bits per heavy atom. The van der Waals surface area contributed by atoms with Gasteiger partial charge in [0.15, 0.2) is 0 Å². The van der Waals surface area contributed by atoms with Gasteiger partial charge in [0.25, 0.3) is 0 Å². The van der Waals surface area contributed by atoms with Gasteiger partial charge in [-0.25, -0.2) is 9.59 Å². The standard InChI is InChI=1S/C25H35NO4/c1-24(2,3)30-23(28)26-21(12-17-7-5-4-6-8-17)22(27)29-16-25-13-18-9-19(14-25)11-20(10-18)15-25/h4-8,18-21H,9-16H2,1-3H3,(H,26,28). The second kappa shape index (κ2) is 8.24. The molecule has 1 amide bonds. The van der Waals surface area contributed by atoms with Gasteiger partial charge in [0.2, 0.25) is 0 Å². The minimum Gasteiger partial charge on any atom is -0.464 e. The second-order valence-corrected chi connectivity index (χ2v) is 10.9. The van der Waals surface area contributed by atoms with Crippen molar-refractivity contribution in [3.8, 4) is 0 Å². The summed E-state index contributed by atoms with van der Waals surface area (Å²) in [6.45, 7) is 5.91. The van der Waals surface area contributed by atoms with E-state index in [-0.39, 0.29) is 11.4 Å². The lowest BCUT2D eigenvalue weighted by Crippen LogP contribution is -2.50. The molecule has 4 saturated carbocycles. The summed E-state index contributed by atoms with van der Waals surface area (Å²) in [6.07, 6.45) is 7.47. The number of carbonyl (C=O) groups is 2. The summed E-state index contributed by atoms with van der Waals surface area (Å²) in [4.78, 5) is 25.4. The van der Waals surface area contributed by atoms with Crippen LogP contribution in [0.15, 0.2) is 30.3 Å². The summed E-state index contributed by atoms with van der Waals surface area (Å²) in [5.41, 5.74) is 0.517. The third kappa shape index (κ3) is 5.16. The summed E-state index contributed by atoms with van der Waals surface area (Å²) in [5.74, 6) is 2.08. The van der Waals surface area contributed by atoms with Gasteiger partial charge in [-0.15, -0.1) is 0 Å². The lowest BCUT2D eigenvalue weighted by Gasteiger charge is -2.56. The Kier molecular flexibility index (Phi) is 5.82. The third-order valence-corrected chi connectivity index (χ3v) is 6.94. The molecule has 1 unspecified atom stereocenters. The number of nitrogens with one attached hydrogen (secondary N) is 1. The highest BCUT2D eigenvalue weighted by Gasteiger charge is 2.51. The van der Waals surface area contributed by atoms with Crippen LogP contribution in [0.25, 0.3) is 0 Å². The first-order valence-electron chi connectivity index (χ1n) is 11.4. The zero-order valence-corrected chi connectivity index (χ0v) is 18.5. The Morgan fingerprint density at radius 3 is 2.13 bits per heavy atom. The van der Waals surface area contributed by atoms with Crippen molar-refractivity contribution >= 4 is 12.1 Å². The van der Waals surface area contributed by atoms with E-state index in [2.05, 4.69) is 5.32 Å². The fourth-order valence-corrected chi connectivity index (χ4v) is 6.28. The number of hydrogen-bond donors (Lipinski definition) is 1. The van der Waals surface area contributed by atoms with Gasteiger partial charge in [0.1, 0.15) is 11.6 Å². The SMILES string of the molecule is CC(C)(C)OC(=O)NC(Cc1ccccc1)C(=O)OCC12CC3CC(CC(C3)C1)C2. The quantitative estimate of drug-likeness (QED) is 0.675. The zero-order chi connectivity index (χ0) is 21.4. The molecule has 0 aliphatic heterocycles. The summed E-state index contributed by atoms with van der Waals surface area (Å²) in [6, 6.07) is 8.95. The van der Waals surface area contributed by atoms with Crippen LogP contribution in [0.5, 0.6) is 0 Å². The van der Waals surface area contributed by atoms with E-state index >= 15 is 0 Å². The van der Waals surface area contributed by atoms with E-state index in [9.17, 15) is 9.59 Å². The lowest BCUT2D eigenvalue weighted by atomic mass is 9.50. The topological polar surface area (TPSA) is 64.6 Å². The van der Waals surface area contributed by atoms with Crippen molar-refractivity contribution in [2.24, 2.45) is 23.2 Å². The summed E-state index contributed by atoms with van der Waals surface area (Å²) < 4.78 is 11.3. The molecule has 164 valence electrons. The molecule has 4 fully saturated rings. The number of amides is 1. The van der Waals surface area contributed by atoms with Gasteiger partial charge in [0.05, 0.1) is 6.61 Å². The summed E-state index contributed by atoms with van der Waals surface area (Å²) in [5, 5.41) is 2.74. The van der Waals surface area contributed by atoms with E-state index in [1.807, 2.05) is 51.1 Å². The fraction of sp³-hybridized carbons (Fsp3) is 0.680. The summed E-state index contributed by atoms with van der Waals surface area (Å²) >= 11 is 0. The Morgan fingerprint density at radius 1 is 1.03 bits per heavy atom. The van der Waals surface area contributed by atoms with Crippen molar-refractivity contribution in [1.29, 1.82) is 0 Å². The van der Waals surface area contributed by atoms with Crippen LogP contribution in [-0.2, 0) is 20.7 Å². The Labute approximate surface area is 179 Å². The van der Waals surface area contributed by atoms with Crippen molar-refractivity contribution in [3.05, 3.63) is 35.9 Å². The number of esters is 1. The highest BCUT2D eigenvalue weighted by Crippen LogP contribution is 2.60. The molecule has 5 rings (SSSR count). The normalized spacial score (nSPS) is 30.6. The zero-order valence-electron chi connectivity index (χ0n) is 18.5. The van der Waals surface area contributed by atoms with Gasteiger partial charge >= 0.3 is 12.1 Å². The second-order valence-electron chi connectivity index (χ2n) is 10.9. The third-order valence-electron chi connectivity index (χ3n) is 6.94. The monoisotopic (exact) mass is 413 g/mol. The number of carbonyl (C=O) groups excluding carboxylic acids is 2. The molecule has 30 heavy (non-hydrogen) atoms. The molecule has 1 atom stereocenters. The molecule has 0 spiro atoms. The molecule has 0 heterocycles. The van der Waals surface area contributed by atoms with Crippen molar-refractivity contribution in [2.45, 2.75) is 77.4 Å². The molecule has 0 saturated heterocycles. The lowest BCUT2D eigenvalue weighted by molar-refractivity contribution is -0.157. The van der Waals surface area contributed by atoms with Gasteiger partial charge < -0.3 is 14.8 Å². The van der Waals surface area contributed by atoms with Crippen molar-refractivity contribution in [2.75, 3.05) is 6.61 Å². The van der Waals surface area contributed by atoms with E-state index in [1.54, 1.807) is 0 Å². The molecule has 4 bridgehead atoms. The molecule has 1 aromatic rings. The Bertz CT molecular complexity index is 732. The molecule has 5 heteroatoms. The van der Waals surface area contributed by atoms with Gasteiger partial charge in [-0.1, -0.05) is 30.3 Å². The maximum absolute atomic E-state index is 13.0. The Balaban J connectivity index is 1.40. The maximum Gasteiger partial charge on any atom is 0.408 e. The smallest absolute Gasteiger partial charge is 0.408 e. The average molecular weight is 414 g/mol. The predicted octanol–water partition coefficient (Wildman–Crippen LogP) is 4.88. The number of benzene rings is 1. The average Bonchev–Trinajstić information content (AvgIpc) is 2.64. The van der Waals surface area contributed by atoms with Crippen LogP contribution < -0.4 is 5.32 Å². The molecule has 0 aromatic heterocycles. The van der Waals surface area contributed by atoms with E-state index in [1.165, 1.54) is 38.5 Å². The van der Waals surface area contributed by atoms with Crippen molar-refractivity contribution in [1.82, 2.24) is 5.32 Å². The number of hydrogen-bond acceptors (Lipinski definition) is 4. The van der Waals surface area contributed by atoms with Gasteiger partial charge in [-0.05, 0) is 82.6 Å². The molecule has 0 radical (unpaired) electrons. The predicted molar refractivity (Wildman–Crippen MR) is 115 cm³/mol. The van der Waals surface area contributed by atoms with Crippen LogP contribution >= 0.6 is 0 Å². The largest absolute Gasteiger partial charge is 0.464 e. The van der Waals surface area contributed by atoms with Crippen LogP contribution in [0.3, 0.4) is 0 Å². The van der Waals surface area contributed by atoms with Gasteiger partial charge in [0, 0.05) is 11.8 Å². The van der Waals surface area contributed by atoms with Crippen molar-refractivity contribution < 1.29 is 19.1 Å².